The third-order valence-electron chi connectivity index (χ3n) is 6.97. The van der Waals surface area contributed by atoms with E-state index in [4.69, 9.17) is 19.2 Å². The normalized spacial score (nSPS) is 16.4. The SMILES string of the molecule is Fc1cc(OCCN2CCOCC2)ccc1-c1nccc2cnc(Nc3ccc(N4CCOCC4)cc3)nc12. The Balaban J connectivity index is 1.17. The Morgan fingerprint density at radius 3 is 2.44 bits per heavy atom. The van der Waals surface area contributed by atoms with E-state index in [1.807, 2.05) is 18.2 Å². The van der Waals surface area contributed by atoms with Gasteiger partial charge < -0.3 is 24.4 Å². The zero-order valence-corrected chi connectivity index (χ0v) is 21.7. The van der Waals surface area contributed by atoms with Crippen LogP contribution in [0.1, 0.15) is 0 Å². The lowest BCUT2D eigenvalue weighted by Crippen LogP contribution is -2.38. The summed E-state index contributed by atoms with van der Waals surface area (Å²) >= 11 is 0. The molecular formula is C29H31FN6O3. The minimum atomic E-state index is -0.411. The molecule has 2 aromatic carbocycles. The number of anilines is 3. The molecule has 0 aliphatic carbocycles. The van der Waals surface area contributed by atoms with Crippen molar-refractivity contribution in [1.82, 2.24) is 19.9 Å². The maximum absolute atomic E-state index is 15.3. The Hall–Kier alpha value is -3.86. The average Bonchev–Trinajstić information content (AvgIpc) is 2.98. The Labute approximate surface area is 226 Å². The first-order chi connectivity index (χ1) is 19.2. The van der Waals surface area contributed by atoms with E-state index in [9.17, 15) is 0 Å². The first-order valence-corrected chi connectivity index (χ1v) is 13.3. The third-order valence-corrected chi connectivity index (χ3v) is 6.97. The van der Waals surface area contributed by atoms with E-state index in [2.05, 4.69) is 37.2 Å². The van der Waals surface area contributed by atoms with Crippen LogP contribution in [0.25, 0.3) is 22.2 Å². The van der Waals surface area contributed by atoms with Gasteiger partial charge in [-0.2, -0.15) is 0 Å². The van der Waals surface area contributed by atoms with E-state index in [0.717, 1.165) is 75.9 Å². The van der Waals surface area contributed by atoms with Gasteiger partial charge in [-0.1, -0.05) is 0 Å². The molecule has 1 N–H and O–H groups in total. The highest BCUT2D eigenvalue weighted by molar-refractivity contribution is 5.91. The van der Waals surface area contributed by atoms with E-state index < -0.39 is 5.82 Å². The van der Waals surface area contributed by atoms with E-state index in [-0.39, 0.29) is 0 Å². The zero-order valence-electron chi connectivity index (χ0n) is 21.7. The average molecular weight is 531 g/mol. The first kappa shape index (κ1) is 25.4. The quantitative estimate of drug-likeness (QED) is 0.362. The van der Waals surface area contributed by atoms with Crippen LogP contribution in [0.5, 0.6) is 5.75 Å². The number of fused-ring (bicyclic) bond motifs is 1. The first-order valence-electron chi connectivity index (χ1n) is 13.3. The molecule has 2 aliphatic rings. The van der Waals surface area contributed by atoms with Crippen LogP contribution in [0, 0.1) is 5.82 Å². The molecule has 0 amide bonds. The number of pyridine rings is 1. The van der Waals surface area contributed by atoms with Crippen LogP contribution in [-0.4, -0.2) is 85.6 Å². The summed E-state index contributed by atoms with van der Waals surface area (Å²) in [6, 6.07) is 14.8. The van der Waals surface area contributed by atoms with Crippen LogP contribution in [0.3, 0.4) is 0 Å². The number of nitrogens with one attached hydrogen (secondary N) is 1. The van der Waals surface area contributed by atoms with Gasteiger partial charge in [-0.25, -0.2) is 14.4 Å². The molecule has 0 unspecified atom stereocenters. The fraction of sp³-hybridized carbons (Fsp3) is 0.345. The van der Waals surface area contributed by atoms with Crippen molar-refractivity contribution in [2.75, 3.05) is 76.0 Å². The van der Waals surface area contributed by atoms with Gasteiger partial charge in [0.15, 0.2) is 0 Å². The van der Waals surface area contributed by atoms with Crippen molar-refractivity contribution in [2.24, 2.45) is 0 Å². The molecule has 0 atom stereocenters. The highest BCUT2D eigenvalue weighted by Crippen LogP contribution is 2.30. The Morgan fingerprint density at radius 1 is 0.897 bits per heavy atom. The van der Waals surface area contributed by atoms with Gasteiger partial charge in [-0.15, -0.1) is 0 Å². The van der Waals surface area contributed by atoms with E-state index in [0.29, 0.717) is 35.1 Å². The number of hydrogen-bond donors (Lipinski definition) is 1. The fourth-order valence-corrected chi connectivity index (χ4v) is 4.81. The highest BCUT2D eigenvalue weighted by Gasteiger charge is 2.15. The van der Waals surface area contributed by atoms with Gasteiger partial charge in [0.25, 0.3) is 0 Å². The lowest BCUT2D eigenvalue weighted by atomic mass is 10.1. The van der Waals surface area contributed by atoms with Crippen molar-refractivity contribution in [3.8, 4) is 17.0 Å². The molecule has 4 aromatic rings. The van der Waals surface area contributed by atoms with Crippen molar-refractivity contribution < 1.29 is 18.6 Å². The summed E-state index contributed by atoms with van der Waals surface area (Å²) in [4.78, 5) is 18.2. The number of morpholine rings is 2. The summed E-state index contributed by atoms with van der Waals surface area (Å²) in [5.41, 5.74) is 3.40. The second-order valence-electron chi connectivity index (χ2n) is 9.51. The van der Waals surface area contributed by atoms with Crippen molar-refractivity contribution in [3.63, 3.8) is 0 Å². The molecule has 10 heteroatoms. The number of hydrogen-bond acceptors (Lipinski definition) is 9. The van der Waals surface area contributed by atoms with Gasteiger partial charge >= 0.3 is 0 Å². The van der Waals surface area contributed by atoms with Gasteiger partial charge in [-0.05, 0) is 42.5 Å². The second-order valence-corrected chi connectivity index (χ2v) is 9.51. The molecule has 2 aromatic heterocycles. The molecule has 2 saturated heterocycles. The minimum absolute atomic E-state index is 0.362. The van der Waals surface area contributed by atoms with E-state index in [1.165, 1.54) is 6.07 Å². The monoisotopic (exact) mass is 530 g/mol. The van der Waals surface area contributed by atoms with E-state index in [1.54, 1.807) is 24.5 Å². The van der Waals surface area contributed by atoms with Crippen LogP contribution < -0.4 is 15.0 Å². The summed E-state index contributed by atoms with van der Waals surface area (Å²) in [5, 5.41) is 4.04. The summed E-state index contributed by atoms with van der Waals surface area (Å²) in [6.07, 6.45) is 3.36. The van der Waals surface area contributed by atoms with Gasteiger partial charge in [0.05, 0.1) is 32.1 Å². The van der Waals surface area contributed by atoms with Gasteiger partial charge in [0, 0.05) is 73.5 Å². The van der Waals surface area contributed by atoms with Crippen LogP contribution in [-0.2, 0) is 9.47 Å². The van der Waals surface area contributed by atoms with Crippen LogP contribution >= 0.6 is 0 Å². The Kier molecular flexibility index (Phi) is 7.75. The molecule has 6 rings (SSSR count). The third kappa shape index (κ3) is 6.08. The number of halogens is 1. The largest absolute Gasteiger partial charge is 0.492 e. The Bertz CT molecular complexity index is 1410. The van der Waals surface area contributed by atoms with Crippen molar-refractivity contribution in [2.45, 2.75) is 0 Å². The Morgan fingerprint density at radius 2 is 1.67 bits per heavy atom. The molecule has 2 aliphatic heterocycles. The molecule has 0 bridgehead atoms. The molecule has 9 nitrogen and oxygen atoms in total. The van der Waals surface area contributed by atoms with Crippen LogP contribution in [0.2, 0.25) is 0 Å². The van der Waals surface area contributed by atoms with Crippen molar-refractivity contribution in [3.05, 3.63) is 66.7 Å². The van der Waals surface area contributed by atoms with Gasteiger partial charge in [-0.3, -0.25) is 9.88 Å². The van der Waals surface area contributed by atoms with Gasteiger partial charge in [0.1, 0.15) is 23.7 Å². The molecule has 2 fully saturated rings. The predicted molar refractivity (Wildman–Crippen MR) is 148 cm³/mol. The molecule has 0 radical (unpaired) electrons. The van der Waals surface area contributed by atoms with E-state index >= 15 is 4.39 Å². The molecule has 4 heterocycles. The maximum Gasteiger partial charge on any atom is 0.227 e. The lowest BCUT2D eigenvalue weighted by molar-refractivity contribution is 0.0322. The van der Waals surface area contributed by atoms with Crippen LogP contribution in [0.4, 0.5) is 21.7 Å². The molecule has 0 spiro atoms. The smallest absolute Gasteiger partial charge is 0.227 e. The fourth-order valence-electron chi connectivity index (χ4n) is 4.81. The van der Waals surface area contributed by atoms with Gasteiger partial charge in [0.2, 0.25) is 5.95 Å². The van der Waals surface area contributed by atoms with Crippen molar-refractivity contribution >= 4 is 28.2 Å². The second kappa shape index (κ2) is 11.9. The predicted octanol–water partition coefficient (Wildman–Crippen LogP) is 4.12. The summed E-state index contributed by atoms with van der Waals surface area (Å²) in [7, 11) is 0. The number of rotatable bonds is 8. The topological polar surface area (TPSA) is 84.9 Å². The summed E-state index contributed by atoms with van der Waals surface area (Å²) in [6.45, 7) is 7.78. The zero-order chi connectivity index (χ0) is 26.4. The summed E-state index contributed by atoms with van der Waals surface area (Å²) < 4.78 is 31.9. The standard InChI is InChI=1S/C29H31FN6O3/c30-26-19-24(39-18-11-35-9-14-37-15-10-35)5-6-25(26)28-27-21(7-8-31-28)20-32-29(34-27)33-22-1-3-23(4-2-22)36-12-16-38-17-13-36/h1-8,19-20H,9-18H2,(H,32,33,34). The highest BCUT2D eigenvalue weighted by atomic mass is 19.1. The van der Waals surface area contributed by atoms with Crippen molar-refractivity contribution in [1.29, 1.82) is 0 Å². The number of aromatic nitrogens is 3. The maximum atomic E-state index is 15.3. The molecule has 39 heavy (non-hydrogen) atoms. The van der Waals surface area contributed by atoms with Crippen LogP contribution in [0.15, 0.2) is 60.9 Å². The lowest BCUT2D eigenvalue weighted by Gasteiger charge is -2.28. The number of benzene rings is 2. The number of nitrogens with zero attached hydrogens (tertiary/aromatic N) is 5. The summed E-state index contributed by atoms with van der Waals surface area (Å²) in [5.74, 6) is 0.493. The minimum Gasteiger partial charge on any atom is -0.492 e. The molecule has 202 valence electrons. The number of ether oxygens (including phenoxy) is 3. The molecular weight excluding hydrogens is 499 g/mol. The molecule has 0 saturated carbocycles.